The van der Waals surface area contributed by atoms with Crippen molar-refractivity contribution in [1.82, 2.24) is 14.9 Å². The quantitative estimate of drug-likeness (QED) is 0.797. The third kappa shape index (κ3) is 4.60. The maximum atomic E-state index is 12.4. The molecule has 1 heterocycles. The van der Waals surface area contributed by atoms with E-state index in [0.717, 1.165) is 12.8 Å². The number of amides is 1. The summed E-state index contributed by atoms with van der Waals surface area (Å²) in [7, 11) is 0. The second kappa shape index (κ2) is 8.87. The molecule has 5 nitrogen and oxygen atoms in total. The standard InChI is InChI=1S/C18H25N3O2S/c1-4-14(5-2)20-17(22)13(3)24-11-10-21-12-19-16-9-7-6-8-15(16)18(21)23/h6-9,12-14H,4-5,10-11H2,1-3H3,(H,20,22). The summed E-state index contributed by atoms with van der Waals surface area (Å²) < 4.78 is 1.61. The highest BCUT2D eigenvalue weighted by molar-refractivity contribution is 8.00. The zero-order valence-corrected chi connectivity index (χ0v) is 15.3. The SMILES string of the molecule is CCC(CC)NC(=O)C(C)SCCn1cnc2ccccc2c1=O. The average molecular weight is 347 g/mol. The molecule has 0 aliphatic carbocycles. The third-order valence-corrected chi connectivity index (χ3v) is 5.27. The van der Waals surface area contributed by atoms with E-state index < -0.39 is 0 Å². The first-order valence-electron chi connectivity index (χ1n) is 8.43. The molecule has 6 heteroatoms. The zero-order valence-electron chi connectivity index (χ0n) is 14.5. The zero-order chi connectivity index (χ0) is 17.5. The number of thioether (sulfide) groups is 1. The van der Waals surface area contributed by atoms with Crippen molar-refractivity contribution in [3.63, 3.8) is 0 Å². The van der Waals surface area contributed by atoms with Crippen molar-refractivity contribution in [2.75, 3.05) is 5.75 Å². The van der Waals surface area contributed by atoms with Crippen LogP contribution in [0, 0.1) is 0 Å². The molecule has 2 aromatic rings. The number of nitrogens with one attached hydrogen (secondary N) is 1. The lowest BCUT2D eigenvalue weighted by Gasteiger charge is -2.18. The van der Waals surface area contributed by atoms with Gasteiger partial charge in [0.2, 0.25) is 5.91 Å². The van der Waals surface area contributed by atoms with E-state index in [9.17, 15) is 9.59 Å². The largest absolute Gasteiger partial charge is 0.352 e. The van der Waals surface area contributed by atoms with Gasteiger partial charge in [-0.05, 0) is 31.9 Å². The molecule has 0 aliphatic heterocycles. The highest BCUT2D eigenvalue weighted by Crippen LogP contribution is 2.12. The summed E-state index contributed by atoms with van der Waals surface area (Å²) in [6.45, 7) is 6.60. The van der Waals surface area contributed by atoms with Gasteiger partial charge in [-0.15, -0.1) is 11.8 Å². The van der Waals surface area contributed by atoms with E-state index in [0.29, 0.717) is 23.2 Å². The predicted octanol–water partition coefficient (Wildman–Crippen LogP) is 2.82. The number of nitrogens with zero attached hydrogens (tertiary/aromatic N) is 2. The van der Waals surface area contributed by atoms with E-state index in [1.165, 1.54) is 0 Å². The van der Waals surface area contributed by atoms with E-state index in [1.54, 1.807) is 28.7 Å². The minimum Gasteiger partial charge on any atom is -0.352 e. The second-order valence-electron chi connectivity index (χ2n) is 5.80. The van der Waals surface area contributed by atoms with Crippen LogP contribution < -0.4 is 10.9 Å². The second-order valence-corrected chi connectivity index (χ2v) is 7.24. The summed E-state index contributed by atoms with van der Waals surface area (Å²) in [6, 6.07) is 7.58. The molecule has 0 bridgehead atoms. The van der Waals surface area contributed by atoms with Crippen LogP contribution in [0.1, 0.15) is 33.6 Å². The molecule has 1 aromatic carbocycles. The van der Waals surface area contributed by atoms with Crippen LogP contribution in [0.25, 0.3) is 10.9 Å². The van der Waals surface area contributed by atoms with E-state index in [4.69, 9.17) is 0 Å². The van der Waals surface area contributed by atoms with Crippen molar-refractivity contribution in [2.45, 2.75) is 51.4 Å². The van der Waals surface area contributed by atoms with Crippen molar-refractivity contribution in [3.8, 4) is 0 Å². The maximum Gasteiger partial charge on any atom is 0.261 e. The Hall–Kier alpha value is -1.82. The number of carbonyl (C=O) groups excluding carboxylic acids is 1. The Kier molecular flexibility index (Phi) is 6.85. The molecule has 0 fully saturated rings. The van der Waals surface area contributed by atoms with Crippen molar-refractivity contribution >= 4 is 28.6 Å². The van der Waals surface area contributed by atoms with Crippen LogP contribution in [0.2, 0.25) is 0 Å². The number of carbonyl (C=O) groups is 1. The minimum absolute atomic E-state index is 0.0321. The minimum atomic E-state index is -0.130. The Morgan fingerprint density at radius 3 is 2.71 bits per heavy atom. The van der Waals surface area contributed by atoms with Crippen molar-refractivity contribution < 1.29 is 4.79 Å². The maximum absolute atomic E-state index is 12.4. The Morgan fingerprint density at radius 1 is 1.29 bits per heavy atom. The molecule has 1 aromatic heterocycles. The fourth-order valence-electron chi connectivity index (χ4n) is 2.48. The molecule has 1 atom stereocenters. The fourth-order valence-corrected chi connectivity index (χ4v) is 3.36. The summed E-state index contributed by atoms with van der Waals surface area (Å²) in [4.78, 5) is 28.8. The van der Waals surface area contributed by atoms with Crippen LogP contribution in [0.15, 0.2) is 35.4 Å². The number of hydrogen-bond acceptors (Lipinski definition) is 4. The van der Waals surface area contributed by atoms with Crippen molar-refractivity contribution in [2.24, 2.45) is 0 Å². The van der Waals surface area contributed by atoms with Crippen LogP contribution in [-0.4, -0.2) is 32.5 Å². The summed E-state index contributed by atoms with van der Waals surface area (Å²) in [5.74, 6) is 0.759. The highest BCUT2D eigenvalue weighted by atomic mass is 32.2. The Bertz CT molecular complexity index is 740. The van der Waals surface area contributed by atoms with Gasteiger partial charge in [0, 0.05) is 18.3 Å². The van der Waals surface area contributed by atoms with E-state index in [1.807, 2.05) is 25.1 Å². The van der Waals surface area contributed by atoms with Gasteiger partial charge in [-0.25, -0.2) is 4.98 Å². The molecule has 24 heavy (non-hydrogen) atoms. The third-order valence-electron chi connectivity index (χ3n) is 4.13. The molecule has 0 aliphatic rings. The number of benzene rings is 1. The number of aromatic nitrogens is 2. The van der Waals surface area contributed by atoms with Gasteiger partial charge in [0.25, 0.3) is 5.56 Å². The predicted molar refractivity (Wildman–Crippen MR) is 100 cm³/mol. The topological polar surface area (TPSA) is 64.0 Å². The van der Waals surface area contributed by atoms with Gasteiger partial charge in [0.15, 0.2) is 0 Å². The van der Waals surface area contributed by atoms with Gasteiger partial charge in [-0.1, -0.05) is 26.0 Å². The molecule has 0 saturated heterocycles. The van der Waals surface area contributed by atoms with Crippen LogP contribution in [-0.2, 0) is 11.3 Å². The molecule has 1 N–H and O–H groups in total. The van der Waals surface area contributed by atoms with Gasteiger partial charge in [0.1, 0.15) is 0 Å². The number of fused-ring (bicyclic) bond motifs is 1. The summed E-state index contributed by atoms with van der Waals surface area (Å²) >= 11 is 1.56. The van der Waals surface area contributed by atoms with Crippen molar-refractivity contribution in [1.29, 1.82) is 0 Å². The molecule has 0 saturated carbocycles. The molecule has 2 rings (SSSR count). The molecular formula is C18H25N3O2S. The Balaban J connectivity index is 1.91. The molecular weight excluding hydrogens is 322 g/mol. The van der Waals surface area contributed by atoms with E-state index >= 15 is 0 Å². The molecule has 1 unspecified atom stereocenters. The van der Waals surface area contributed by atoms with Crippen LogP contribution >= 0.6 is 11.8 Å². The van der Waals surface area contributed by atoms with Crippen LogP contribution in [0.3, 0.4) is 0 Å². The van der Waals surface area contributed by atoms with E-state index in [-0.39, 0.29) is 22.8 Å². The summed E-state index contributed by atoms with van der Waals surface area (Å²) in [6.07, 6.45) is 3.47. The Morgan fingerprint density at radius 2 is 2.00 bits per heavy atom. The average Bonchev–Trinajstić information content (AvgIpc) is 2.61. The first-order chi connectivity index (χ1) is 11.6. The van der Waals surface area contributed by atoms with Crippen LogP contribution in [0.4, 0.5) is 0 Å². The normalized spacial score (nSPS) is 12.5. The lowest BCUT2D eigenvalue weighted by Crippen LogP contribution is -2.38. The lowest BCUT2D eigenvalue weighted by atomic mass is 10.2. The first-order valence-corrected chi connectivity index (χ1v) is 9.47. The van der Waals surface area contributed by atoms with E-state index in [2.05, 4.69) is 24.1 Å². The number of para-hydroxylation sites is 1. The summed E-state index contributed by atoms with van der Waals surface area (Å²) in [5.41, 5.74) is 0.680. The molecule has 0 spiro atoms. The highest BCUT2D eigenvalue weighted by Gasteiger charge is 2.16. The molecule has 1 amide bonds. The fraction of sp³-hybridized carbons (Fsp3) is 0.500. The molecule has 130 valence electrons. The first kappa shape index (κ1) is 18.5. The number of aryl methyl sites for hydroxylation is 1. The lowest BCUT2D eigenvalue weighted by molar-refractivity contribution is -0.121. The van der Waals surface area contributed by atoms with Gasteiger partial charge < -0.3 is 5.32 Å². The van der Waals surface area contributed by atoms with Gasteiger partial charge >= 0.3 is 0 Å². The monoisotopic (exact) mass is 347 g/mol. The van der Waals surface area contributed by atoms with Gasteiger partial charge in [-0.2, -0.15) is 0 Å². The van der Waals surface area contributed by atoms with Gasteiger partial charge in [0.05, 0.1) is 22.5 Å². The van der Waals surface area contributed by atoms with Crippen LogP contribution in [0.5, 0.6) is 0 Å². The molecule has 0 radical (unpaired) electrons. The number of rotatable bonds is 8. The number of hydrogen-bond donors (Lipinski definition) is 1. The van der Waals surface area contributed by atoms with Gasteiger partial charge in [-0.3, -0.25) is 14.2 Å². The van der Waals surface area contributed by atoms with Crippen molar-refractivity contribution in [3.05, 3.63) is 40.9 Å². The smallest absolute Gasteiger partial charge is 0.261 e. The Labute approximate surface area is 146 Å². The summed E-state index contributed by atoms with van der Waals surface area (Å²) in [5, 5.41) is 3.56.